The first-order chi connectivity index (χ1) is 4.88. The fraction of sp³-hybridized carbons (Fsp3) is 0. The maximum atomic E-state index is 9.14. The average Bonchev–Trinajstić information content (AvgIpc) is 2.36. The normalized spacial score (nSPS) is 10.4. The molecule has 0 saturated heterocycles. The topological polar surface area (TPSA) is 33.4 Å². The number of hydrogen-bond acceptors (Lipinski definition) is 2. The number of rotatable bonds is 0. The lowest BCUT2D eigenvalue weighted by atomic mass is 10.2. The Balaban J connectivity index is 2.95. The van der Waals surface area contributed by atoms with Crippen LogP contribution in [0.1, 0.15) is 0 Å². The van der Waals surface area contributed by atoms with Crippen molar-refractivity contribution < 1.29 is 9.52 Å². The van der Waals surface area contributed by atoms with Crippen LogP contribution in [0.25, 0.3) is 11.0 Å². The number of phenols is 1. The summed E-state index contributed by atoms with van der Waals surface area (Å²) in [5.41, 5.74) is 0.691. The second-order valence-corrected chi connectivity index (χ2v) is 2.02. The molecule has 0 saturated carbocycles. The van der Waals surface area contributed by atoms with Crippen LogP contribution < -0.4 is 0 Å². The molecule has 0 aliphatic heterocycles. The van der Waals surface area contributed by atoms with Gasteiger partial charge in [-0.15, -0.1) is 0 Å². The Morgan fingerprint density at radius 2 is 2.30 bits per heavy atom. The lowest BCUT2D eigenvalue weighted by Crippen LogP contribution is -1.64. The van der Waals surface area contributed by atoms with E-state index in [4.69, 9.17) is 9.52 Å². The second-order valence-electron chi connectivity index (χ2n) is 2.02. The molecule has 1 aromatic heterocycles. The molecule has 1 N–H and O–H groups in total. The Hall–Kier alpha value is -1.44. The average molecular weight is 133 g/mol. The van der Waals surface area contributed by atoms with E-state index in [1.807, 2.05) is 0 Å². The van der Waals surface area contributed by atoms with Crippen molar-refractivity contribution in [1.29, 1.82) is 0 Å². The molecule has 0 spiro atoms. The Morgan fingerprint density at radius 3 is 3.10 bits per heavy atom. The van der Waals surface area contributed by atoms with Crippen molar-refractivity contribution in [2.24, 2.45) is 0 Å². The van der Waals surface area contributed by atoms with Gasteiger partial charge in [-0.2, -0.15) is 0 Å². The van der Waals surface area contributed by atoms with E-state index in [1.165, 1.54) is 6.26 Å². The number of hydrogen-bond donors (Lipinski definition) is 1. The summed E-state index contributed by atoms with van der Waals surface area (Å²) in [5, 5.41) is 9.86. The highest BCUT2D eigenvalue weighted by Gasteiger charge is 1.99. The van der Waals surface area contributed by atoms with Gasteiger partial charge in [-0.3, -0.25) is 0 Å². The molecule has 1 radical (unpaired) electrons. The van der Waals surface area contributed by atoms with Crippen LogP contribution in [0, 0.1) is 6.07 Å². The summed E-state index contributed by atoms with van der Waals surface area (Å²) in [6.45, 7) is 0. The molecule has 0 bridgehead atoms. The standard InChI is InChI=1S/C8H5O2/c9-7-2-1-3-8-6(7)4-5-10-8/h1,3-5,9H. The fourth-order valence-corrected chi connectivity index (χ4v) is 0.920. The zero-order chi connectivity index (χ0) is 6.97. The van der Waals surface area contributed by atoms with E-state index in [1.54, 1.807) is 18.2 Å². The summed E-state index contributed by atoms with van der Waals surface area (Å²) in [4.78, 5) is 0. The van der Waals surface area contributed by atoms with Gasteiger partial charge < -0.3 is 9.52 Å². The van der Waals surface area contributed by atoms with Crippen molar-refractivity contribution in [3.63, 3.8) is 0 Å². The van der Waals surface area contributed by atoms with E-state index >= 15 is 0 Å². The third-order valence-corrected chi connectivity index (χ3v) is 1.41. The van der Waals surface area contributed by atoms with E-state index in [9.17, 15) is 0 Å². The van der Waals surface area contributed by atoms with Gasteiger partial charge in [-0.1, -0.05) is 0 Å². The molecule has 0 aliphatic rings. The van der Waals surface area contributed by atoms with Crippen molar-refractivity contribution in [2.75, 3.05) is 0 Å². The number of furan rings is 1. The monoisotopic (exact) mass is 133 g/mol. The molecule has 1 aromatic carbocycles. The maximum Gasteiger partial charge on any atom is 0.137 e. The second kappa shape index (κ2) is 1.77. The number of phenolic OH excluding ortho intramolecular Hbond substituents is 1. The van der Waals surface area contributed by atoms with Crippen LogP contribution in [0.5, 0.6) is 5.75 Å². The maximum absolute atomic E-state index is 9.14. The van der Waals surface area contributed by atoms with Crippen LogP contribution in [0.2, 0.25) is 0 Å². The minimum absolute atomic E-state index is 0.145. The first-order valence-electron chi connectivity index (χ1n) is 2.95. The molecule has 0 amide bonds. The van der Waals surface area contributed by atoms with Gasteiger partial charge in [0, 0.05) is 6.07 Å². The number of benzene rings is 1. The molecule has 2 aromatic rings. The van der Waals surface area contributed by atoms with E-state index in [-0.39, 0.29) is 5.75 Å². The van der Waals surface area contributed by atoms with Crippen molar-refractivity contribution >= 4 is 11.0 Å². The first-order valence-corrected chi connectivity index (χ1v) is 2.95. The predicted octanol–water partition coefficient (Wildman–Crippen LogP) is 1.94. The molecular weight excluding hydrogens is 128 g/mol. The summed E-state index contributed by atoms with van der Waals surface area (Å²) in [7, 11) is 0. The zero-order valence-electron chi connectivity index (χ0n) is 5.16. The Kier molecular flexibility index (Phi) is 0.947. The number of fused-ring (bicyclic) bond motifs is 1. The van der Waals surface area contributed by atoms with Gasteiger partial charge in [0.05, 0.1) is 11.6 Å². The van der Waals surface area contributed by atoms with E-state index in [0.29, 0.717) is 11.0 Å². The van der Waals surface area contributed by atoms with Gasteiger partial charge in [0.1, 0.15) is 11.3 Å². The third-order valence-electron chi connectivity index (χ3n) is 1.41. The van der Waals surface area contributed by atoms with E-state index in [0.717, 1.165) is 0 Å². The minimum atomic E-state index is 0.145. The van der Waals surface area contributed by atoms with E-state index in [2.05, 4.69) is 6.07 Å². The Labute approximate surface area is 57.7 Å². The largest absolute Gasteiger partial charge is 0.507 e. The predicted molar refractivity (Wildman–Crippen MR) is 36.7 cm³/mol. The molecule has 0 fully saturated rings. The van der Waals surface area contributed by atoms with Crippen molar-refractivity contribution in [2.45, 2.75) is 0 Å². The molecule has 0 atom stereocenters. The van der Waals surface area contributed by atoms with Crippen LogP contribution in [0.4, 0.5) is 0 Å². The zero-order valence-corrected chi connectivity index (χ0v) is 5.16. The van der Waals surface area contributed by atoms with Crippen LogP contribution in [0.15, 0.2) is 28.9 Å². The molecular formula is C8H5O2. The Bertz CT molecular complexity index is 349. The molecule has 2 heteroatoms. The van der Waals surface area contributed by atoms with Gasteiger partial charge in [0.25, 0.3) is 0 Å². The fourth-order valence-electron chi connectivity index (χ4n) is 0.920. The van der Waals surface area contributed by atoms with Gasteiger partial charge in [-0.05, 0) is 18.2 Å². The van der Waals surface area contributed by atoms with Crippen molar-refractivity contribution in [3.8, 4) is 5.75 Å². The minimum Gasteiger partial charge on any atom is -0.507 e. The molecule has 0 unspecified atom stereocenters. The smallest absolute Gasteiger partial charge is 0.137 e. The lowest BCUT2D eigenvalue weighted by molar-refractivity contribution is 0.480. The SMILES string of the molecule is Oc1[c]ccc2occc12. The Morgan fingerprint density at radius 1 is 1.40 bits per heavy atom. The first kappa shape index (κ1) is 5.35. The molecule has 2 nitrogen and oxygen atoms in total. The summed E-state index contributed by atoms with van der Waals surface area (Å²) in [6, 6.07) is 7.75. The van der Waals surface area contributed by atoms with Crippen LogP contribution >= 0.6 is 0 Å². The van der Waals surface area contributed by atoms with E-state index < -0.39 is 0 Å². The van der Waals surface area contributed by atoms with Gasteiger partial charge >= 0.3 is 0 Å². The summed E-state index contributed by atoms with van der Waals surface area (Å²) >= 11 is 0. The highest BCUT2D eigenvalue weighted by atomic mass is 16.3. The molecule has 10 heavy (non-hydrogen) atoms. The highest BCUT2D eigenvalue weighted by Crippen LogP contribution is 2.23. The lowest BCUT2D eigenvalue weighted by Gasteiger charge is -1.88. The van der Waals surface area contributed by atoms with Crippen LogP contribution in [-0.2, 0) is 0 Å². The van der Waals surface area contributed by atoms with Gasteiger partial charge in [-0.25, -0.2) is 0 Å². The van der Waals surface area contributed by atoms with Crippen LogP contribution in [-0.4, -0.2) is 5.11 Å². The summed E-state index contributed by atoms with van der Waals surface area (Å²) in [6.07, 6.45) is 1.54. The molecule has 49 valence electrons. The molecule has 2 rings (SSSR count). The summed E-state index contributed by atoms with van der Waals surface area (Å²) in [5.74, 6) is 0.145. The van der Waals surface area contributed by atoms with Crippen molar-refractivity contribution in [3.05, 3.63) is 30.5 Å². The summed E-state index contributed by atoms with van der Waals surface area (Å²) < 4.78 is 5.02. The third kappa shape index (κ3) is 0.589. The molecule has 1 heterocycles. The number of aromatic hydroxyl groups is 1. The van der Waals surface area contributed by atoms with Gasteiger partial charge in [0.15, 0.2) is 0 Å². The quantitative estimate of drug-likeness (QED) is 0.595. The molecule has 0 aliphatic carbocycles. The highest BCUT2D eigenvalue weighted by molar-refractivity contribution is 5.82. The van der Waals surface area contributed by atoms with Gasteiger partial charge in [0.2, 0.25) is 0 Å². The van der Waals surface area contributed by atoms with Crippen LogP contribution in [0.3, 0.4) is 0 Å². The van der Waals surface area contributed by atoms with Crippen molar-refractivity contribution in [1.82, 2.24) is 0 Å².